The lowest BCUT2D eigenvalue weighted by Gasteiger charge is -2.02. The molecule has 7 nitrogen and oxygen atoms in total. The number of nitro groups is 1. The van der Waals surface area contributed by atoms with Gasteiger partial charge in [0.1, 0.15) is 0 Å². The summed E-state index contributed by atoms with van der Waals surface area (Å²) < 4.78 is 0. The largest absolute Gasteiger partial charge is 0.477 e. The molecule has 88 valence electrons. The number of benzene rings is 1. The molecule has 17 heavy (non-hydrogen) atoms. The summed E-state index contributed by atoms with van der Waals surface area (Å²) in [5.74, 6) is -3.55. The smallest absolute Gasteiger partial charge is 0.408 e. The van der Waals surface area contributed by atoms with Gasteiger partial charge in [0.05, 0.1) is 4.92 Å². The Hall–Kier alpha value is -2.70. The Morgan fingerprint density at radius 3 is 1.94 bits per heavy atom. The summed E-state index contributed by atoms with van der Waals surface area (Å²) in [4.78, 5) is 31.0. The van der Waals surface area contributed by atoms with E-state index in [-0.39, 0.29) is 5.56 Å². The van der Waals surface area contributed by atoms with E-state index in [1.807, 2.05) is 0 Å². The maximum atomic E-state index is 10.9. The molecule has 0 aliphatic rings. The highest BCUT2D eigenvalue weighted by Crippen LogP contribution is 2.19. The molecule has 0 heterocycles. The molecule has 0 saturated carbocycles. The van der Waals surface area contributed by atoms with Gasteiger partial charge in [0.2, 0.25) is 0 Å². The van der Waals surface area contributed by atoms with Crippen LogP contribution in [-0.4, -0.2) is 27.1 Å². The van der Waals surface area contributed by atoms with Gasteiger partial charge in [0.25, 0.3) is 0 Å². The normalized spacial score (nSPS) is 11.5. The van der Waals surface area contributed by atoms with Crippen molar-refractivity contribution in [3.8, 4) is 0 Å². The highest BCUT2D eigenvalue weighted by molar-refractivity contribution is 6.20. The minimum atomic E-state index is -1.89. The van der Waals surface area contributed by atoms with E-state index in [4.69, 9.17) is 10.2 Å². The SMILES string of the molecule is O=C(O)C(=C(C(=O)O)[N+](=O)[O-])c1ccccc1. The van der Waals surface area contributed by atoms with E-state index in [0.29, 0.717) is 0 Å². The first kappa shape index (κ1) is 12.4. The highest BCUT2D eigenvalue weighted by Gasteiger charge is 2.32. The van der Waals surface area contributed by atoms with E-state index in [1.165, 1.54) is 24.3 Å². The second kappa shape index (κ2) is 4.88. The Bertz CT molecular complexity index is 489. The zero-order valence-corrected chi connectivity index (χ0v) is 8.36. The number of hydrogen-bond donors (Lipinski definition) is 2. The molecule has 0 amide bonds. The molecular formula is C10H7NO6. The van der Waals surface area contributed by atoms with Gasteiger partial charge in [-0.1, -0.05) is 30.3 Å². The second-order valence-corrected chi connectivity index (χ2v) is 2.96. The quantitative estimate of drug-likeness (QED) is 0.455. The maximum Gasteiger partial charge on any atom is 0.408 e. The fraction of sp³-hybridized carbons (Fsp3) is 0. The molecule has 1 aromatic rings. The van der Waals surface area contributed by atoms with Crippen LogP contribution < -0.4 is 0 Å². The number of carboxylic acids is 2. The standard InChI is InChI=1S/C10H7NO6/c12-9(13)7(6-4-2-1-3-5-6)8(10(14)15)11(16)17/h1-5H,(H,12,13)(H,14,15). The van der Waals surface area contributed by atoms with Crippen LogP contribution in [0, 0.1) is 10.1 Å². The molecule has 0 atom stereocenters. The average Bonchev–Trinajstić information content (AvgIpc) is 2.25. The van der Waals surface area contributed by atoms with E-state index >= 15 is 0 Å². The molecular weight excluding hydrogens is 230 g/mol. The van der Waals surface area contributed by atoms with E-state index < -0.39 is 28.1 Å². The van der Waals surface area contributed by atoms with Gasteiger partial charge < -0.3 is 10.2 Å². The molecule has 0 spiro atoms. The Kier molecular flexibility index (Phi) is 3.55. The van der Waals surface area contributed by atoms with Crippen molar-refractivity contribution in [2.45, 2.75) is 0 Å². The Morgan fingerprint density at radius 1 is 1.06 bits per heavy atom. The van der Waals surface area contributed by atoms with Crippen molar-refractivity contribution >= 4 is 17.5 Å². The highest BCUT2D eigenvalue weighted by atomic mass is 16.6. The van der Waals surface area contributed by atoms with Crippen molar-refractivity contribution < 1.29 is 24.7 Å². The number of rotatable bonds is 4. The van der Waals surface area contributed by atoms with Crippen molar-refractivity contribution in [2.24, 2.45) is 0 Å². The summed E-state index contributed by atoms with van der Waals surface area (Å²) in [6, 6.07) is 7.07. The van der Waals surface area contributed by atoms with Crippen LogP contribution in [-0.2, 0) is 9.59 Å². The first-order valence-electron chi connectivity index (χ1n) is 4.35. The van der Waals surface area contributed by atoms with Crippen LogP contribution in [0.15, 0.2) is 36.0 Å². The van der Waals surface area contributed by atoms with E-state index in [9.17, 15) is 19.7 Å². The second-order valence-electron chi connectivity index (χ2n) is 2.96. The molecule has 0 aromatic heterocycles. The van der Waals surface area contributed by atoms with Gasteiger partial charge in [0.15, 0.2) is 5.57 Å². The number of hydrogen-bond acceptors (Lipinski definition) is 4. The molecule has 0 aliphatic heterocycles. The molecule has 0 bridgehead atoms. The number of nitrogens with zero attached hydrogens (tertiary/aromatic N) is 1. The molecule has 1 aromatic carbocycles. The van der Waals surface area contributed by atoms with Gasteiger partial charge in [-0.2, -0.15) is 0 Å². The molecule has 1 rings (SSSR count). The third kappa shape index (κ3) is 2.65. The summed E-state index contributed by atoms with van der Waals surface area (Å²) in [7, 11) is 0. The van der Waals surface area contributed by atoms with Gasteiger partial charge >= 0.3 is 17.6 Å². The summed E-state index contributed by atoms with van der Waals surface area (Å²) in [6.07, 6.45) is 0. The monoisotopic (exact) mass is 237 g/mol. The summed E-state index contributed by atoms with van der Waals surface area (Å²) in [5.41, 5.74) is -2.24. The topological polar surface area (TPSA) is 118 Å². The van der Waals surface area contributed by atoms with E-state index in [0.717, 1.165) is 0 Å². The predicted octanol–water partition coefficient (Wildman–Crippen LogP) is 0.844. The Labute approximate surface area is 94.8 Å². The van der Waals surface area contributed by atoms with Gasteiger partial charge in [0, 0.05) is 0 Å². The van der Waals surface area contributed by atoms with Gasteiger partial charge in [-0.3, -0.25) is 10.1 Å². The maximum absolute atomic E-state index is 10.9. The minimum absolute atomic E-state index is 0.0332. The molecule has 0 aliphatic carbocycles. The van der Waals surface area contributed by atoms with E-state index in [1.54, 1.807) is 6.07 Å². The predicted molar refractivity (Wildman–Crippen MR) is 55.6 cm³/mol. The van der Waals surface area contributed by atoms with Gasteiger partial charge in [-0.05, 0) is 5.56 Å². The molecule has 0 radical (unpaired) electrons. The van der Waals surface area contributed by atoms with Crippen molar-refractivity contribution in [1.82, 2.24) is 0 Å². The third-order valence-corrected chi connectivity index (χ3v) is 1.90. The first-order chi connectivity index (χ1) is 7.95. The minimum Gasteiger partial charge on any atom is -0.477 e. The molecule has 2 N–H and O–H groups in total. The van der Waals surface area contributed by atoms with Crippen LogP contribution in [0.4, 0.5) is 0 Å². The fourth-order valence-corrected chi connectivity index (χ4v) is 1.24. The number of aliphatic carboxylic acids is 2. The number of carboxylic acid groups (broad SMARTS) is 2. The molecule has 0 fully saturated rings. The third-order valence-electron chi connectivity index (χ3n) is 1.90. The van der Waals surface area contributed by atoms with Crippen molar-refractivity contribution in [2.75, 3.05) is 0 Å². The van der Waals surface area contributed by atoms with Gasteiger partial charge in [-0.15, -0.1) is 0 Å². The molecule has 0 saturated heterocycles. The van der Waals surface area contributed by atoms with Gasteiger partial charge in [-0.25, -0.2) is 9.59 Å². The van der Waals surface area contributed by atoms with Crippen LogP contribution in [0.3, 0.4) is 0 Å². The van der Waals surface area contributed by atoms with Crippen molar-refractivity contribution in [3.05, 3.63) is 51.7 Å². The zero-order chi connectivity index (χ0) is 13.0. The molecule has 0 unspecified atom stereocenters. The lowest BCUT2D eigenvalue weighted by atomic mass is 10.0. The summed E-state index contributed by atoms with van der Waals surface area (Å²) in [5, 5.41) is 28.1. The first-order valence-corrected chi connectivity index (χ1v) is 4.35. The summed E-state index contributed by atoms with van der Waals surface area (Å²) >= 11 is 0. The number of carbonyl (C=O) groups is 2. The van der Waals surface area contributed by atoms with Crippen LogP contribution in [0.25, 0.3) is 5.57 Å². The molecule has 7 heteroatoms. The van der Waals surface area contributed by atoms with Crippen LogP contribution in [0.5, 0.6) is 0 Å². The zero-order valence-electron chi connectivity index (χ0n) is 8.36. The van der Waals surface area contributed by atoms with Crippen LogP contribution in [0.2, 0.25) is 0 Å². The Morgan fingerprint density at radius 2 is 1.59 bits per heavy atom. The Balaban J connectivity index is 3.55. The van der Waals surface area contributed by atoms with Crippen molar-refractivity contribution in [1.29, 1.82) is 0 Å². The van der Waals surface area contributed by atoms with Crippen LogP contribution >= 0.6 is 0 Å². The lowest BCUT2D eigenvalue weighted by molar-refractivity contribution is -0.419. The summed E-state index contributed by atoms with van der Waals surface area (Å²) in [6.45, 7) is 0. The average molecular weight is 237 g/mol. The van der Waals surface area contributed by atoms with Crippen molar-refractivity contribution in [3.63, 3.8) is 0 Å². The lowest BCUT2D eigenvalue weighted by Crippen LogP contribution is -2.17. The van der Waals surface area contributed by atoms with E-state index in [2.05, 4.69) is 0 Å². The van der Waals surface area contributed by atoms with Crippen LogP contribution in [0.1, 0.15) is 5.56 Å². The fourth-order valence-electron chi connectivity index (χ4n) is 1.24.